The van der Waals surface area contributed by atoms with Crippen molar-refractivity contribution < 1.29 is 4.79 Å². The number of benzene rings is 1. The third kappa shape index (κ3) is 3.23. The van der Waals surface area contributed by atoms with Gasteiger partial charge in [0.1, 0.15) is 6.54 Å². The number of aryl methyl sites for hydroxylation is 1. The Labute approximate surface area is 178 Å². The minimum Gasteiger partial charge on any atom is -0.315 e. The molecule has 1 aromatic carbocycles. The second-order valence-electron chi connectivity index (χ2n) is 6.65. The first-order valence-corrected chi connectivity index (χ1v) is 10.1. The topological polar surface area (TPSA) is 96.2 Å². The first kappa shape index (κ1) is 20.0. The van der Waals surface area contributed by atoms with Gasteiger partial charge in [-0.25, -0.2) is 9.78 Å². The largest absolute Gasteiger partial charge is 0.332 e. The summed E-state index contributed by atoms with van der Waals surface area (Å²) < 4.78 is 6.42. The summed E-state index contributed by atoms with van der Waals surface area (Å²) in [6, 6.07) is 5.46. The molecule has 0 aliphatic rings. The lowest BCUT2D eigenvalue weighted by Gasteiger charge is -2.05. The van der Waals surface area contributed by atoms with Gasteiger partial charge in [-0.2, -0.15) is 4.99 Å². The highest BCUT2D eigenvalue weighted by molar-refractivity contribution is 7.16. The van der Waals surface area contributed by atoms with Crippen LogP contribution in [0.5, 0.6) is 0 Å². The second kappa shape index (κ2) is 7.54. The average Bonchev–Trinajstić information content (AvgIpc) is 3.26. The van der Waals surface area contributed by atoms with E-state index >= 15 is 0 Å². The number of nitrogens with zero attached hydrogens (tertiary/aromatic N) is 6. The molecule has 0 atom stereocenters. The molecule has 30 heavy (non-hydrogen) atoms. The summed E-state index contributed by atoms with van der Waals surface area (Å²) >= 11 is 7.42. The maximum Gasteiger partial charge on any atom is 0.332 e. The predicted octanol–water partition coefficient (Wildman–Crippen LogP) is 1.42. The van der Waals surface area contributed by atoms with Crippen molar-refractivity contribution in [2.75, 3.05) is 0 Å². The molecule has 0 aliphatic heterocycles. The van der Waals surface area contributed by atoms with Gasteiger partial charge in [0, 0.05) is 25.7 Å². The number of imidazole rings is 1. The van der Waals surface area contributed by atoms with Crippen molar-refractivity contribution in [3.63, 3.8) is 0 Å². The van der Waals surface area contributed by atoms with E-state index in [1.54, 1.807) is 12.1 Å². The minimum atomic E-state index is -0.517. The molecule has 4 rings (SSSR count). The summed E-state index contributed by atoms with van der Waals surface area (Å²) in [5.74, 6) is -0.458. The molecule has 154 valence electrons. The van der Waals surface area contributed by atoms with Crippen molar-refractivity contribution in [3.05, 3.63) is 67.8 Å². The van der Waals surface area contributed by atoms with Crippen molar-refractivity contribution in [3.8, 4) is 0 Å². The van der Waals surface area contributed by atoms with E-state index in [-0.39, 0.29) is 17.7 Å². The molecular formula is C19H17ClN6O3S. The number of hydrogen-bond donors (Lipinski definition) is 0. The summed E-state index contributed by atoms with van der Waals surface area (Å²) in [6.07, 6.45) is 3.08. The molecule has 0 aliphatic carbocycles. The maximum absolute atomic E-state index is 12.7. The Kier molecular flexibility index (Phi) is 5.04. The lowest BCUT2D eigenvalue weighted by molar-refractivity contribution is -0.118. The number of carbonyl (C=O) groups excluding carboxylic acids is 1. The average molecular weight is 445 g/mol. The zero-order chi connectivity index (χ0) is 21.6. The van der Waals surface area contributed by atoms with Gasteiger partial charge >= 0.3 is 5.69 Å². The van der Waals surface area contributed by atoms with Crippen molar-refractivity contribution in [1.82, 2.24) is 23.3 Å². The third-order valence-electron chi connectivity index (χ3n) is 4.70. The molecule has 1 amide bonds. The predicted molar refractivity (Wildman–Crippen MR) is 116 cm³/mol. The lowest BCUT2D eigenvalue weighted by Crippen LogP contribution is -2.37. The highest BCUT2D eigenvalue weighted by atomic mass is 35.5. The first-order chi connectivity index (χ1) is 14.3. The summed E-state index contributed by atoms with van der Waals surface area (Å²) in [6.45, 7) is 4.05. The van der Waals surface area contributed by atoms with E-state index in [9.17, 15) is 14.4 Å². The van der Waals surface area contributed by atoms with E-state index in [0.717, 1.165) is 14.8 Å². The summed E-state index contributed by atoms with van der Waals surface area (Å²) in [5.41, 5.74) is 0.284. The van der Waals surface area contributed by atoms with Crippen LogP contribution in [0.2, 0.25) is 5.02 Å². The van der Waals surface area contributed by atoms with Crippen LogP contribution >= 0.6 is 22.9 Å². The van der Waals surface area contributed by atoms with Crippen LogP contribution in [0.3, 0.4) is 0 Å². The van der Waals surface area contributed by atoms with Crippen molar-refractivity contribution in [2.45, 2.75) is 13.1 Å². The Morgan fingerprint density at radius 2 is 2.07 bits per heavy atom. The van der Waals surface area contributed by atoms with Gasteiger partial charge in [-0.05, 0) is 18.2 Å². The van der Waals surface area contributed by atoms with Crippen LogP contribution in [-0.4, -0.2) is 29.2 Å². The van der Waals surface area contributed by atoms with Crippen LogP contribution < -0.4 is 16.1 Å². The van der Waals surface area contributed by atoms with Crippen molar-refractivity contribution in [1.29, 1.82) is 0 Å². The van der Waals surface area contributed by atoms with Gasteiger partial charge in [0.05, 0.1) is 16.5 Å². The van der Waals surface area contributed by atoms with E-state index in [2.05, 4.69) is 16.6 Å². The molecule has 0 bridgehead atoms. The maximum atomic E-state index is 12.7. The molecule has 0 N–H and O–H groups in total. The SMILES string of the molecule is C=CCn1c(=NC(=O)Cn2cnc3c2c(=O)n(C)c(=O)n3C)sc2cc(Cl)ccc21. The molecule has 0 saturated heterocycles. The van der Waals surface area contributed by atoms with Gasteiger partial charge < -0.3 is 9.13 Å². The number of fused-ring (bicyclic) bond motifs is 2. The fraction of sp³-hybridized carbons (Fsp3) is 0.211. The highest BCUT2D eigenvalue weighted by Crippen LogP contribution is 2.22. The number of rotatable bonds is 4. The quantitative estimate of drug-likeness (QED) is 0.445. The molecule has 11 heteroatoms. The highest BCUT2D eigenvalue weighted by Gasteiger charge is 2.16. The normalized spacial score (nSPS) is 12.2. The Morgan fingerprint density at radius 3 is 2.80 bits per heavy atom. The van der Waals surface area contributed by atoms with Gasteiger partial charge in [0.15, 0.2) is 16.0 Å². The zero-order valence-corrected chi connectivity index (χ0v) is 17.8. The molecule has 4 aromatic rings. The molecule has 0 saturated carbocycles. The number of aromatic nitrogens is 5. The molecule has 9 nitrogen and oxygen atoms in total. The lowest BCUT2D eigenvalue weighted by atomic mass is 10.3. The van der Waals surface area contributed by atoms with E-state index in [4.69, 9.17) is 11.6 Å². The number of halogens is 1. The number of amides is 1. The second-order valence-corrected chi connectivity index (χ2v) is 8.10. The van der Waals surface area contributed by atoms with Crippen LogP contribution in [0.1, 0.15) is 0 Å². The minimum absolute atomic E-state index is 0.172. The van der Waals surface area contributed by atoms with Crippen LogP contribution in [0.4, 0.5) is 0 Å². The molecule has 3 aromatic heterocycles. The van der Waals surface area contributed by atoms with Crippen LogP contribution in [-0.2, 0) is 32.0 Å². The molecule has 3 heterocycles. The fourth-order valence-electron chi connectivity index (χ4n) is 3.24. The molecule has 0 unspecified atom stereocenters. The Morgan fingerprint density at radius 1 is 1.30 bits per heavy atom. The van der Waals surface area contributed by atoms with E-state index in [1.807, 2.05) is 16.7 Å². The molecule has 0 radical (unpaired) electrons. The number of thiazole rings is 1. The number of hydrogen-bond acceptors (Lipinski definition) is 5. The number of allylic oxidation sites excluding steroid dienone is 1. The van der Waals surface area contributed by atoms with Gasteiger partial charge in [0.25, 0.3) is 11.5 Å². The third-order valence-corrected chi connectivity index (χ3v) is 5.98. The zero-order valence-electron chi connectivity index (χ0n) is 16.2. The van der Waals surface area contributed by atoms with E-state index in [1.165, 1.54) is 40.9 Å². The van der Waals surface area contributed by atoms with Crippen molar-refractivity contribution >= 4 is 50.2 Å². The van der Waals surface area contributed by atoms with E-state index < -0.39 is 17.2 Å². The summed E-state index contributed by atoms with van der Waals surface area (Å²) in [4.78, 5) is 46.2. The van der Waals surface area contributed by atoms with Crippen LogP contribution in [0.15, 0.2) is 51.8 Å². The van der Waals surface area contributed by atoms with Crippen LogP contribution in [0.25, 0.3) is 21.4 Å². The Hall–Kier alpha value is -3.24. The number of carbonyl (C=O) groups is 1. The standard InChI is InChI=1S/C19H17ClN6O3S/c1-4-7-26-12-6-5-11(20)8-13(12)30-18(26)22-14(27)9-25-10-21-16-15(25)17(28)24(3)19(29)23(16)2/h4-6,8,10H,1,7,9H2,2-3H3. The summed E-state index contributed by atoms with van der Waals surface area (Å²) in [7, 11) is 2.91. The van der Waals surface area contributed by atoms with Gasteiger partial charge in [0.2, 0.25) is 0 Å². The monoisotopic (exact) mass is 444 g/mol. The Balaban J connectivity index is 1.80. The van der Waals surface area contributed by atoms with Gasteiger partial charge in [-0.1, -0.05) is 29.0 Å². The molecular weight excluding hydrogens is 428 g/mol. The molecule has 0 spiro atoms. The van der Waals surface area contributed by atoms with E-state index in [0.29, 0.717) is 16.4 Å². The first-order valence-electron chi connectivity index (χ1n) is 8.90. The summed E-state index contributed by atoms with van der Waals surface area (Å²) in [5, 5.41) is 0.596. The van der Waals surface area contributed by atoms with Crippen molar-refractivity contribution in [2.24, 2.45) is 19.1 Å². The smallest absolute Gasteiger partial charge is 0.315 e. The fourth-order valence-corrected chi connectivity index (χ4v) is 4.58. The van der Waals surface area contributed by atoms with Gasteiger partial charge in [-0.3, -0.25) is 18.7 Å². The molecule has 0 fully saturated rings. The van der Waals surface area contributed by atoms with Gasteiger partial charge in [-0.15, -0.1) is 6.58 Å². The Bertz CT molecular complexity index is 1520. The van der Waals surface area contributed by atoms with Crippen LogP contribution in [0, 0.1) is 0 Å².